The van der Waals surface area contributed by atoms with Gasteiger partial charge in [-0.1, -0.05) is 0 Å². The summed E-state index contributed by atoms with van der Waals surface area (Å²) in [6.07, 6.45) is -0.859. The lowest BCUT2D eigenvalue weighted by atomic mass is 10.1. The van der Waals surface area contributed by atoms with Crippen molar-refractivity contribution in [1.29, 1.82) is 0 Å². The van der Waals surface area contributed by atoms with Crippen molar-refractivity contribution in [2.75, 3.05) is 18.0 Å². The van der Waals surface area contributed by atoms with Crippen LogP contribution in [0.2, 0.25) is 0 Å². The van der Waals surface area contributed by atoms with Gasteiger partial charge in [0.05, 0.1) is 12.5 Å². The quantitative estimate of drug-likeness (QED) is 0.867. The number of benzene rings is 1. The molecule has 1 aromatic carbocycles. The zero-order valence-electron chi connectivity index (χ0n) is 13.7. The van der Waals surface area contributed by atoms with E-state index in [1.165, 1.54) is 29.2 Å². The van der Waals surface area contributed by atoms with Crippen LogP contribution < -0.4 is 10.2 Å². The van der Waals surface area contributed by atoms with Gasteiger partial charge in [-0.05, 0) is 43.3 Å². The van der Waals surface area contributed by atoms with Crippen molar-refractivity contribution in [1.82, 2.24) is 5.32 Å². The Morgan fingerprint density at radius 1 is 1.36 bits per heavy atom. The molecule has 25 heavy (non-hydrogen) atoms. The van der Waals surface area contributed by atoms with E-state index in [1.54, 1.807) is 19.1 Å². The average Bonchev–Trinajstić information content (AvgIpc) is 3.19. The van der Waals surface area contributed by atoms with Gasteiger partial charge in [0.15, 0.2) is 0 Å². The van der Waals surface area contributed by atoms with E-state index in [9.17, 15) is 19.1 Å². The molecule has 1 aliphatic rings. The highest BCUT2D eigenvalue weighted by Gasteiger charge is 2.35. The molecule has 0 aliphatic carbocycles. The number of nitrogens with zero attached hydrogens (tertiary/aromatic N) is 1. The molecule has 0 bridgehead atoms. The minimum Gasteiger partial charge on any atom is -0.464 e. The van der Waals surface area contributed by atoms with Crippen LogP contribution >= 0.6 is 0 Å². The van der Waals surface area contributed by atoms with Gasteiger partial charge in [-0.25, -0.2) is 4.39 Å². The fourth-order valence-electron chi connectivity index (χ4n) is 2.83. The molecule has 7 heteroatoms. The van der Waals surface area contributed by atoms with Crippen LogP contribution in [0.25, 0.3) is 0 Å². The van der Waals surface area contributed by atoms with Crippen LogP contribution in [0.15, 0.2) is 40.8 Å². The summed E-state index contributed by atoms with van der Waals surface area (Å²) in [7, 11) is 0. The topological polar surface area (TPSA) is 82.8 Å². The Hall–Kier alpha value is -2.67. The Kier molecular flexibility index (Phi) is 4.85. The van der Waals surface area contributed by atoms with Gasteiger partial charge in [0, 0.05) is 18.7 Å². The molecule has 1 aromatic heterocycles. The number of hydrogen-bond acceptors (Lipinski definition) is 4. The van der Waals surface area contributed by atoms with Gasteiger partial charge >= 0.3 is 0 Å². The first-order valence-electron chi connectivity index (χ1n) is 8.02. The highest BCUT2D eigenvalue weighted by molar-refractivity contribution is 6.00. The highest BCUT2D eigenvalue weighted by atomic mass is 19.1. The summed E-state index contributed by atoms with van der Waals surface area (Å²) in [6, 6.07) is 8.96. The molecule has 1 saturated heterocycles. The molecule has 6 nitrogen and oxygen atoms in total. The van der Waals surface area contributed by atoms with Gasteiger partial charge < -0.3 is 19.7 Å². The van der Waals surface area contributed by atoms with Crippen LogP contribution in [-0.2, 0) is 9.59 Å². The molecule has 2 N–H and O–H groups in total. The molecule has 2 amide bonds. The van der Waals surface area contributed by atoms with Crippen molar-refractivity contribution in [2.24, 2.45) is 5.92 Å². The van der Waals surface area contributed by atoms with Crippen LogP contribution in [0.3, 0.4) is 0 Å². The molecule has 2 unspecified atom stereocenters. The van der Waals surface area contributed by atoms with E-state index in [2.05, 4.69) is 5.32 Å². The molecular weight excluding hydrogens is 327 g/mol. The van der Waals surface area contributed by atoms with Gasteiger partial charge in [0.1, 0.15) is 23.4 Å². The number of aliphatic hydroxyl groups is 1. The number of carbonyl (C=O) groups is 2. The van der Waals surface area contributed by atoms with Crippen molar-refractivity contribution in [3.63, 3.8) is 0 Å². The largest absolute Gasteiger partial charge is 0.464 e. The van der Waals surface area contributed by atoms with Gasteiger partial charge in [-0.3, -0.25) is 9.59 Å². The van der Waals surface area contributed by atoms with Gasteiger partial charge in [0.2, 0.25) is 11.8 Å². The fourth-order valence-corrected chi connectivity index (χ4v) is 2.83. The molecule has 1 fully saturated rings. The second-order valence-corrected chi connectivity index (χ2v) is 6.09. The van der Waals surface area contributed by atoms with E-state index in [1.807, 2.05) is 0 Å². The van der Waals surface area contributed by atoms with Crippen LogP contribution in [0.5, 0.6) is 0 Å². The van der Waals surface area contributed by atoms with Crippen LogP contribution in [-0.4, -0.2) is 30.0 Å². The maximum Gasteiger partial charge on any atom is 0.227 e. The molecule has 2 heterocycles. The molecule has 0 radical (unpaired) electrons. The van der Waals surface area contributed by atoms with Gasteiger partial charge in [-0.15, -0.1) is 0 Å². The number of hydrogen-bond donors (Lipinski definition) is 2. The average molecular weight is 346 g/mol. The van der Waals surface area contributed by atoms with E-state index in [-0.39, 0.29) is 37.1 Å². The van der Waals surface area contributed by atoms with Crippen LogP contribution in [0.1, 0.15) is 24.0 Å². The SMILES string of the molecule is Cc1ccc(C(O)CNC(=O)C2CC(=O)N(c3ccc(F)cc3)C2)o1. The van der Waals surface area contributed by atoms with Crippen molar-refractivity contribution in [3.8, 4) is 0 Å². The predicted octanol–water partition coefficient (Wildman–Crippen LogP) is 1.93. The van der Waals surface area contributed by atoms with E-state index < -0.39 is 12.0 Å². The molecule has 2 atom stereocenters. The summed E-state index contributed by atoms with van der Waals surface area (Å²) >= 11 is 0. The first-order valence-corrected chi connectivity index (χ1v) is 8.02. The lowest BCUT2D eigenvalue weighted by Gasteiger charge is -2.17. The normalized spacial score (nSPS) is 18.4. The third-order valence-electron chi connectivity index (χ3n) is 4.19. The summed E-state index contributed by atoms with van der Waals surface area (Å²) in [5, 5.41) is 12.7. The van der Waals surface area contributed by atoms with Crippen molar-refractivity contribution in [3.05, 3.63) is 53.7 Å². The number of rotatable bonds is 5. The monoisotopic (exact) mass is 346 g/mol. The zero-order valence-corrected chi connectivity index (χ0v) is 13.7. The highest BCUT2D eigenvalue weighted by Crippen LogP contribution is 2.25. The molecule has 0 saturated carbocycles. The van der Waals surface area contributed by atoms with Crippen molar-refractivity contribution in [2.45, 2.75) is 19.4 Å². The Morgan fingerprint density at radius 3 is 2.72 bits per heavy atom. The van der Waals surface area contributed by atoms with Crippen LogP contribution in [0.4, 0.5) is 10.1 Å². The summed E-state index contributed by atoms with van der Waals surface area (Å²) < 4.78 is 18.3. The molecule has 132 valence electrons. The Morgan fingerprint density at radius 2 is 2.08 bits per heavy atom. The third-order valence-corrected chi connectivity index (χ3v) is 4.19. The van der Waals surface area contributed by atoms with Crippen molar-refractivity contribution < 1.29 is 23.5 Å². The maximum atomic E-state index is 13.0. The number of aliphatic hydroxyl groups excluding tert-OH is 1. The van der Waals surface area contributed by atoms with Gasteiger partial charge in [0.25, 0.3) is 0 Å². The smallest absolute Gasteiger partial charge is 0.227 e. The number of halogens is 1. The Bertz CT molecular complexity index is 772. The second-order valence-electron chi connectivity index (χ2n) is 6.09. The minimum absolute atomic E-state index is 0.00697. The van der Waals surface area contributed by atoms with E-state index in [0.717, 1.165) is 0 Å². The molecule has 3 rings (SSSR count). The maximum absolute atomic E-state index is 13.0. The fraction of sp³-hybridized carbons (Fsp3) is 0.333. The first kappa shape index (κ1) is 17.2. The number of furan rings is 1. The molecule has 2 aromatic rings. The number of anilines is 1. The summed E-state index contributed by atoms with van der Waals surface area (Å²) in [4.78, 5) is 25.9. The number of carbonyl (C=O) groups excluding carboxylic acids is 2. The molecule has 0 spiro atoms. The van der Waals surface area contributed by atoms with Crippen molar-refractivity contribution >= 4 is 17.5 Å². The second kappa shape index (κ2) is 7.06. The van der Waals surface area contributed by atoms with Gasteiger partial charge in [-0.2, -0.15) is 0 Å². The first-order chi connectivity index (χ1) is 11.9. The van der Waals surface area contributed by atoms with E-state index >= 15 is 0 Å². The number of nitrogens with one attached hydrogen (secondary N) is 1. The lowest BCUT2D eigenvalue weighted by Crippen LogP contribution is -2.35. The molecular formula is C18H19FN2O4. The minimum atomic E-state index is -0.942. The lowest BCUT2D eigenvalue weighted by molar-refractivity contribution is -0.126. The predicted molar refractivity (Wildman–Crippen MR) is 88.3 cm³/mol. The van der Waals surface area contributed by atoms with Crippen LogP contribution in [0, 0.1) is 18.7 Å². The van der Waals surface area contributed by atoms with E-state index in [0.29, 0.717) is 17.2 Å². The number of amides is 2. The van der Waals surface area contributed by atoms with E-state index in [4.69, 9.17) is 4.42 Å². The summed E-state index contributed by atoms with van der Waals surface area (Å²) in [6.45, 7) is 2.00. The summed E-state index contributed by atoms with van der Waals surface area (Å²) in [5.74, 6) is -0.325. The zero-order chi connectivity index (χ0) is 18.0. The third kappa shape index (κ3) is 3.88. The standard InChI is InChI=1S/C18H19FN2O4/c1-11-2-7-16(25-11)15(22)9-20-18(24)12-8-17(23)21(10-12)14-5-3-13(19)4-6-14/h2-7,12,15,22H,8-10H2,1H3,(H,20,24). The Labute approximate surface area is 144 Å². The molecule has 1 aliphatic heterocycles. The number of aryl methyl sites for hydroxylation is 1. The summed E-state index contributed by atoms with van der Waals surface area (Å²) in [5.41, 5.74) is 0.563. The Balaban J connectivity index is 1.56.